The topological polar surface area (TPSA) is 112 Å². The molecule has 1 saturated heterocycles. The fraction of sp³-hybridized carbons (Fsp3) is 0.440. The van der Waals surface area contributed by atoms with Crippen molar-refractivity contribution in [1.82, 2.24) is 19.6 Å². The Morgan fingerprint density at radius 2 is 1.74 bits per heavy atom. The Morgan fingerprint density at radius 3 is 2.34 bits per heavy atom. The standard InChI is InChI=1S/C25H32F2N4O6S/c1-18-5-7-19(8-6-18)37-24-21(26)15-20(16-22(24)27)38(35)31(17-23(32)28-34)12-11-29(2)25(33)36-14-13-30-9-3-4-10-30/h5-8,15-16,34H,3-4,9-14,17H2,1-2H3,(H,28,32). The second-order valence-electron chi connectivity index (χ2n) is 8.86. The van der Waals surface area contributed by atoms with Gasteiger partial charge in [-0.1, -0.05) is 17.7 Å². The summed E-state index contributed by atoms with van der Waals surface area (Å²) in [7, 11) is -0.744. The van der Waals surface area contributed by atoms with Gasteiger partial charge in [-0.2, -0.15) is 0 Å². The van der Waals surface area contributed by atoms with Gasteiger partial charge >= 0.3 is 6.09 Å². The van der Waals surface area contributed by atoms with Crippen molar-refractivity contribution in [3.8, 4) is 11.5 Å². The van der Waals surface area contributed by atoms with Crippen LogP contribution in [0.5, 0.6) is 11.5 Å². The number of likely N-dealkylation sites (N-methyl/N-ethyl adjacent to an activating group) is 1. The van der Waals surface area contributed by atoms with Crippen molar-refractivity contribution in [2.45, 2.75) is 24.7 Å². The van der Waals surface area contributed by atoms with Gasteiger partial charge in [-0.25, -0.2) is 27.6 Å². The second-order valence-corrected chi connectivity index (χ2v) is 10.3. The minimum absolute atomic E-state index is 0.00736. The predicted octanol–water partition coefficient (Wildman–Crippen LogP) is 3.06. The van der Waals surface area contributed by atoms with Crippen LogP contribution >= 0.6 is 0 Å². The van der Waals surface area contributed by atoms with Crippen molar-refractivity contribution in [1.29, 1.82) is 0 Å². The van der Waals surface area contributed by atoms with Crippen LogP contribution in [0.3, 0.4) is 0 Å². The minimum Gasteiger partial charge on any atom is -0.451 e. The highest BCUT2D eigenvalue weighted by Gasteiger charge is 2.24. The van der Waals surface area contributed by atoms with Gasteiger partial charge in [0.1, 0.15) is 23.3 Å². The van der Waals surface area contributed by atoms with Crippen LogP contribution in [0.25, 0.3) is 0 Å². The molecule has 38 heavy (non-hydrogen) atoms. The molecule has 1 heterocycles. The molecule has 0 spiro atoms. The average Bonchev–Trinajstić information content (AvgIpc) is 3.42. The summed E-state index contributed by atoms with van der Waals surface area (Å²) in [5.41, 5.74) is 2.38. The highest BCUT2D eigenvalue weighted by molar-refractivity contribution is 7.82. The van der Waals surface area contributed by atoms with E-state index in [0.29, 0.717) is 6.54 Å². The molecule has 3 rings (SSSR count). The molecule has 0 aliphatic carbocycles. The predicted molar refractivity (Wildman–Crippen MR) is 135 cm³/mol. The number of amides is 2. The van der Waals surface area contributed by atoms with Crippen LogP contribution < -0.4 is 10.2 Å². The summed E-state index contributed by atoms with van der Waals surface area (Å²) < 4.78 is 54.4. The van der Waals surface area contributed by atoms with Gasteiger partial charge in [-0.3, -0.25) is 14.9 Å². The molecule has 0 radical (unpaired) electrons. The third-order valence-corrected chi connectivity index (χ3v) is 7.34. The first-order valence-electron chi connectivity index (χ1n) is 12.1. The van der Waals surface area contributed by atoms with Crippen molar-refractivity contribution in [3.05, 3.63) is 53.6 Å². The Labute approximate surface area is 222 Å². The van der Waals surface area contributed by atoms with Crippen molar-refractivity contribution in [3.63, 3.8) is 0 Å². The van der Waals surface area contributed by atoms with Crippen LogP contribution in [0.15, 0.2) is 41.3 Å². The van der Waals surface area contributed by atoms with E-state index in [1.54, 1.807) is 24.3 Å². The summed E-state index contributed by atoms with van der Waals surface area (Å²) in [6.45, 7) is 3.96. The SMILES string of the molecule is Cc1ccc(Oc2c(F)cc(S(=O)N(CCN(C)C(=O)OCCN3CCCC3)CC(=O)NO)cc2F)cc1. The molecular weight excluding hydrogens is 522 g/mol. The Kier molecular flexibility index (Phi) is 11.0. The maximum atomic E-state index is 14.8. The van der Waals surface area contributed by atoms with Crippen LogP contribution in [0.2, 0.25) is 0 Å². The number of hydroxylamine groups is 1. The summed E-state index contributed by atoms with van der Waals surface area (Å²) in [5, 5.41) is 8.92. The van der Waals surface area contributed by atoms with Gasteiger partial charge < -0.3 is 14.4 Å². The van der Waals surface area contributed by atoms with Gasteiger partial charge in [-0.05, 0) is 57.1 Å². The Hall–Kier alpha value is -3.13. The van der Waals surface area contributed by atoms with Gasteiger partial charge in [0, 0.05) is 26.7 Å². The molecule has 2 N–H and O–H groups in total. The number of carbonyl (C=O) groups excluding carboxylic acids is 2. The lowest BCUT2D eigenvalue weighted by Crippen LogP contribution is -2.42. The fourth-order valence-electron chi connectivity index (χ4n) is 3.76. The van der Waals surface area contributed by atoms with Crippen LogP contribution in [0, 0.1) is 18.6 Å². The van der Waals surface area contributed by atoms with Gasteiger partial charge in [0.2, 0.25) is 0 Å². The zero-order valence-corrected chi connectivity index (χ0v) is 22.1. The molecule has 13 heteroatoms. The summed E-state index contributed by atoms with van der Waals surface area (Å²) in [6.07, 6.45) is 1.65. The van der Waals surface area contributed by atoms with Crippen LogP contribution in [0.1, 0.15) is 18.4 Å². The van der Waals surface area contributed by atoms with E-state index in [2.05, 4.69) is 4.90 Å². The first-order valence-corrected chi connectivity index (χ1v) is 13.2. The van der Waals surface area contributed by atoms with Crippen molar-refractivity contribution < 1.29 is 37.3 Å². The Morgan fingerprint density at radius 1 is 1.11 bits per heavy atom. The lowest BCUT2D eigenvalue weighted by atomic mass is 10.2. The maximum Gasteiger partial charge on any atom is 0.409 e. The molecular formula is C25H32F2N4O6S. The molecule has 1 atom stereocenters. The molecule has 0 bridgehead atoms. The van der Waals surface area contributed by atoms with Crippen molar-refractivity contribution >= 4 is 23.0 Å². The monoisotopic (exact) mass is 554 g/mol. The number of nitrogens with zero attached hydrogens (tertiary/aromatic N) is 3. The van der Waals surface area contributed by atoms with E-state index in [1.165, 1.54) is 17.4 Å². The van der Waals surface area contributed by atoms with Crippen LogP contribution in [0.4, 0.5) is 13.6 Å². The van der Waals surface area contributed by atoms with E-state index in [-0.39, 0.29) is 30.3 Å². The van der Waals surface area contributed by atoms with Crippen molar-refractivity contribution in [2.75, 3.05) is 52.9 Å². The summed E-state index contributed by atoms with van der Waals surface area (Å²) in [5.74, 6) is -3.50. The van der Waals surface area contributed by atoms with E-state index in [4.69, 9.17) is 14.7 Å². The second kappa shape index (κ2) is 14.1. The zero-order valence-electron chi connectivity index (χ0n) is 21.3. The molecule has 2 aromatic rings. The first kappa shape index (κ1) is 29.4. The third kappa shape index (κ3) is 8.45. The van der Waals surface area contributed by atoms with E-state index < -0.39 is 46.9 Å². The fourth-order valence-corrected chi connectivity index (χ4v) is 4.94. The highest BCUT2D eigenvalue weighted by atomic mass is 32.2. The van der Waals surface area contributed by atoms with E-state index in [0.717, 1.165) is 47.9 Å². The smallest absolute Gasteiger partial charge is 0.409 e. The summed E-state index contributed by atoms with van der Waals surface area (Å²) >= 11 is 0. The number of hydrogen-bond donors (Lipinski definition) is 2. The number of carbonyl (C=O) groups is 2. The number of hydrogen-bond acceptors (Lipinski definition) is 7. The highest BCUT2D eigenvalue weighted by Crippen LogP contribution is 2.30. The molecule has 1 unspecified atom stereocenters. The van der Waals surface area contributed by atoms with Crippen LogP contribution in [-0.4, -0.2) is 88.4 Å². The van der Waals surface area contributed by atoms with E-state index in [1.807, 2.05) is 6.92 Å². The number of halogens is 2. The molecule has 0 aromatic heterocycles. The minimum atomic E-state index is -2.22. The van der Waals surface area contributed by atoms with Gasteiger partial charge in [0.05, 0.1) is 11.4 Å². The normalized spacial score (nSPS) is 14.4. The number of nitrogens with one attached hydrogen (secondary N) is 1. The summed E-state index contributed by atoms with van der Waals surface area (Å²) in [6, 6.07) is 8.26. The Bertz CT molecular complexity index is 1110. The largest absolute Gasteiger partial charge is 0.451 e. The van der Waals surface area contributed by atoms with E-state index in [9.17, 15) is 22.6 Å². The number of likely N-dealkylation sites (tertiary alicyclic amines) is 1. The molecule has 1 fully saturated rings. The molecule has 10 nitrogen and oxygen atoms in total. The molecule has 2 amide bonds. The lowest BCUT2D eigenvalue weighted by molar-refractivity contribution is -0.129. The lowest BCUT2D eigenvalue weighted by Gasteiger charge is -2.24. The van der Waals surface area contributed by atoms with Gasteiger partial charge in [-0.15, -0.1) is 0 Å². The number of aryl methyl sites for hydroxylation is 1. The molecule has 1 aliphatic heterocycles. The number of benzene rings is 2. The maximum absolute atomic E-state index is 14.8. The third-order valence-electron chi connectivity index (χ3n) is 5.92. The number of rotatable bonds is 12. The zero-order chi connectivity index (χ0) is 27.7. The van der Waals surface area contributed by atoms with Crippen LogP contribution in [-0.2, 0) is 20.5 Å². The van der Waals surface area contributed by atoms with Crippen molar-refractivity contribution in [2.24, 2.45) is 0 Å². The molecule has 208 valence electrons. The molecule has 2 aromatic carbocycles. The summed E-state index contributed by atoms with van der Waals surface area (Å²) in [4.78, 5) is 27.3. The molecule has 0 saturated carbocycles. The van der Waals surface area contributed by atoms with Gasteiger partial charge in [0.25, 0.3) is 5.91 Å². The van der Waals surface area contributed by atoms with Gasteiger partial charge in [0.15, 0.2) is 17.4 Å². The Balaban J connectivity index is 1.64. The average molecular weight is 555 g/mol. The van der Waals surface area contributed by atoms with E-state index >= 15 is 0 Å². The number of ether oxygens (including phenoxy) is 2. The first-order chi connectivity index (χ1) is 18.2. The molecule has 1 aliphatic rings. The quantitative estimate of drug-likeness (QED) is 0.306.